The van der Waals surface area contributed by atoms with Gasteiger partial charge >= 0.3 is 0 Å². The minimum Gasteiger partial charge on any atom is -0.338 e. The third-order valence-electron chi connectivity index (χ3n) is 6.81. The molecule has 33 heavy (non-hydrogen) atoms. The van der Waals surface area contributed by atoms with E-state index >= 15 is 0 Å². The molecule has 1 saturated heterocycles. The quantitative estimate of drug-likeness (QED) is 0.543. The van der Waals surface area contributed by atoms with Gasteiger partial charge in [0, 0.05) is 62.3 Å². The summed E-state index contributed by atoms with van der Waals surface area (Å²) < 4.78 is 7.28. The number of anilines is 1. The van der Waals surface area contributed by atoms with Gasteiger partial charge in [0.2, 0.25) is 11.8 Å². The summed E-state index contributed by atoms with van der Waals surface area (Å²) in [6, 6.07) is 0.525. The van der Waals surface area contributed by atoms with Crippen molar-refractivity contribution in [3.63, 3.8) is 0 Å². The Morgan fingerprint density at radius 3 is 2.42 bits per heavy atom. The molecule has 0 unspecified atom stereocenters. The first-order chi connectivity index (χ1) is 16.2. The van der Waals surface area contributed by atoms with E-state index in [1.54, 1.807) is 18.6 Å². The number of amides is 1. The zero-order valence-electron chi connectivity index (χ0n) is 18.8. The van der Waals surface area contributed by atoms with E-state index in [9.17, 15) is 4.79 Å². The maximum absolute atomic E-state index is 13.5. The van der Waals surface area contributed by atoms with Crippen LogP contribution in [0.1, 0.15) is 73.4 Å². The summed E-state index contributed by atoms with van der Waals surface area (Å²) in [6.07, 6.45) is 13.9. The van der Waals surface area contributed by atoms with Crippen LogP contribution in [0.5, 0.6) is 0 Å². The predicted octanol–water partition coefficient (Wildman–Crippen LogP) is 2.76. The number of carbonyl (C=O) groups excluding carboxylic acids is 1. The normalized spacial score (nSPS) is 19.1. The van der Waals surface area contributed by atoms with Crippen LogP contribution in [0.25, 0.3) is 5.95 Å². The molecule has 0 atom stereocenters. The third kappa shape index (κ3) is 3.98. The van der Waals surface area contributed by atoms with Crippen LogP contribution in [-0.2, 0) is 6.42 Å². The van der Waals surface area contributed by atoms with Crippen molar-refractivity contribution in [1.29, 1.82) is 0 Å². The molecule has 10 nitrogen and oxygen atoms in total. The van der Waals surface area contributed by atoms with Crippen LogP contribution < -0.4 is 4.90 Å². The van der Waals surface area contributed by atoms with Crippen LogP contribution in [0.15, 0.2) is 29.3 Å². The second kappa shape index (κ2) is 8.24. The molecule has 1 amide bonds. The smallest absolute Gasteiger partial charge is 0.266 e. The lowest BCUT2D eigenvalue weighted by atomic mass is 10.0. The first-order valence-electron chi connectivity index (χ1n) is 12.0. The second-order valence-electron chi connectivity index (χ2n) is 9.21. The number of aromatic nitrogens is 6. The lowest BCUT2D eigenvalue weighted by Crippen LogP contribution is -2.48. The Labute approximate surface area is 192 Å². The fourth-order valence-electron chi connectivity index (χ4n) is 4.66. The minimum atomic E-state index is 0.0272. The van der Waals surface area contributed by atoms with Gasteiger partial charge in [0.05, 0.1) is 5.56 Å². The van der Waals surface area contributed by atoms with E-state index in [2.05, 4.69) is 34.9 Å². The van der Waals surface area contributed by atoms with Gasteiger partial charge in [-0.2, -0.15) is 4.98 Å². The average molecular weight is 449 g/mol. The van der Waals surface area contributed by atoms with Gasteiger partial charge in [0.15, 0.2) is 0 Å². The Bertz CT molecular complexity index is 1120. The fourth-order valence-corrected chi connectivity index (χ4v) is 4.66. The number of nitrogens with zero attached hydrogens (tertiary/aromatic N) is 8. The highest BCUT2D eigenvalue weighted by atomic mass is 16.5. The average Bonchev–Trinajstić information content (AvgIpc) is 3.78. The van der Waals surface area contributed by atoms with Crippen LogP contribution in [0.2, 0.25) is 0 Å². The maximum atomic E-state index is 13.5. The van der Waals surface area contributed by atoms with Crippen LogP contribution in [0.3, 0.4) is 0 Å². The van der Waals surface area contributed by atoms with Gasteiger partial charge in [-0.3, -0.25) is 9.36 Å². The Balaban J connectivity index is 1.14. The lowest BCUT2D eigenvalue weighted by molar-refractivity contribution is 0.0629. The molecule has 0 radical (unpaired) electrons. The van der Waals surface area contributed by atoms with Crippen molar-refractivity contribution in [2.45, 2.75) is 69.9 Å². The maximum Gasteiger partial charge on any atom is 0.266 e. The molecule has 0 spiro atoms. The Hall–Kier alpha value is -3.30. The molecule has 2 saturated carbocycles. The molecule has 1 aliphatic heterocycles. The second-order valence-corrected chi connectivity index (χ2v) is 9.21. The summed E-state index contributed by atoms with van der Waals surface area (Å²) in [5.74, 6) is 3.38. The van der Waals surface area contributed by atoms with Gasteiger partial charge in [-0.05, 0) is 43.7 Å². The lowest BCUT2D eigenvalue weighted by Gasteiger charge is -2.38. The number of hydrogen-bond acceptors (Lipinski definition) is 8. The van der Waals surface area contributed by atoms with Crippen molar-refractivity contribution in [2.24, 2.45) is 0 Å². The molecular weight excluding hydrogens is 420 g/mol. The minimum absolute atomic E-state index is 0.0272. The van der Waals surface area contributed by atoms with Crippen LogP contribution in [0, 0.1) is 0 Å². The van der Waals surface area contributed by atoms with Crippen molar-refractivity contribution < 1.29 is 9.32 Å². The SMILES string of the molecule is CCc1nccn1-c1ncc(C(=O)N(C2CC2)C2CCN(c3noc(C4CC4)n3)CC2)cn1. The van der Waals surface area contributed by atoms with Gasteiger partial charge in [0.25, 0.3) is 11.9 Å². The molecule has 3 aliphatic rings. The van der Waals surface area contributed by atoms with Crippen molar-refractivity contribution in [3.05, 3.63) is 42.1 Å². The molecular formula is C23H28N8O2. The molecule has 3 fully saturated rings. The molecule has 0 aromatic carbocycles. The van der Waals surface area contributed by atoms with Gasteiger partial charge < -0.3 is 14.3 Å². The summed E-state index contributed by atoms with van der Waals surface area (Å²) in [7, 11) is 0. The van der Waals surface area contributed by atoms with Crippen molar-refractivity contribution in [1.82, 2.24) is 34.6 Å². The molecule has 6 rings (SSSR count). The number of carbonyl (C=O) groups is 1. The molecule has 3 aromatic rings. The zero-order chi connectivity index (χ0) is 22.4. The highest BCUT2D eigenvalue weighted by molar-refractivity contribution is 5.94. The molecule has 10 heteroatoms. The molecule has 3 aromatic heterocycles. The van der Waals surface area contributed by atoms with Crippen LogP contribution in [-0.4, -0.2) is 65.6 Å². The van der Waals surface area contributed by atoms with Crippen molar-refractivity contribution >= 4 is 11.9 Å². The van der Waals surface area contributed by atoms with E-state index in [4.69, 9.17) is 4.52 Å². The summed E-state index contributed by atoms with van der Waals surface area (Å²) in [5, 5.41) is 4.18. The van der Waals surface area contributed by atoms with Crippen molar-refractivity contribution in [3.8, 4) is 5.95 Å². The standard InChI is InChI=1S/C23H28N8O2/c1-2-19-24-9-12-30(19)22-25-13-16(14-26-22)21(32)31(17-5-6-17)18-7-10-29(11-8-18)23-27-20(33-28-23)15-3-4-15/h9,12-15,17-18H,2-8,10-11H2,1H3. The zero-order valence-corrected chi connectivity index (χ0v) is 18.8. The number of rotatable bonds is 7. The van der Waals surface area contributed by atoms with Gasteiger partial charge in [-0.25, -0.2) is 15.0 Å². The number of piperidine rings is 1. The first kappa shape index (κ1) is 20.3. The Morgan fingerprint density at radius 2 is 1.76 bits per heavy atom. The van der Waals surface area contributed by atoms with E-state index in [-0.39, 0.29) is 11.9 Å². The van der Waals surface area contributed by atoms with E-state index in [1.807, 2.05) is 17.7 Å². The summed E-state index contributed by atoms with van der Waals surface area (Å²) in [5.41, 5.74) is 0.540. The Morgan fingerprint density at radius 1 is 1.03 bits per heavy atom. The third-order valence-corrected chi connectivity index (χ3v) is 6.81. The molecule has 4 heterocycles. The number of aryl methyl sites for hydroxylation is 1. The monoisotopic (exact) mass is 448 g/mol. The van der Waals surface area contributed by atoms with Crippen LogP contribution >= 0.6 is 0 Å². The molecule has 2 aliphatic carbocycles. The van der Waals surface area contributed by atoms with Gasteiger partial charge in [0.1, 0.15) is 5.82 Å². The topological polar surface area (TPSA) is 106 Å². The van der Waals surface area contributed by atoms with E-state index in [0.717, 1.165) is 69.8 Å². The van der Waals surface area contributed by atoms with E-state index < -0.39 is 0 Å². The number of hydrogen-bond donors (Lipinski definition) is 0. The summed E-state index contributed by atoms with van der Waals surface area (Å²) >= 11 is 0. The molecule has 0 N–H and O–H groups in total. The van der Waals surface area contributed by atoms with E-state index in [0.29, 0.717) is 29.4 Å². The predicted molar refractivity (Wildman–Crippen MR) is 119 cm³/mol. The Kier molecular flexibility index (Phi) is 5.07. The molecule has 0 bridgehead atoms. The highest BCUT2D eigenvalue weighted by Crippen LogP contribution is 2.40. The van der Waals surface area contributed by atoms with E-state index in [1.165, 1.54) is 0 Å². The molecule has 172 valence electrons. The number of imidazole rings is 1. The largest absolute Gasteiger partial charge is 0.338 e. The summed E-state index contributed by atoms with van der Waals surface area (Å²) in [4.78, 5) is 35.5. The van der Waals surface area contributed by atoms with Gasteiger partial charge in [-0.1, -0.05) is 6.92 Å². The van der Waals surface area contributed by atoms with Crippen molar-refractivity contribution in [2.75, 3.05) is 18.0 Å². The highest BCUT2D eigenvalue weighted by Gasteiger charge is 2.40. The summed E-state index contributed by atoms with van der Waals surface area (Å²) in [6.45, 7) is 3.68. The first-order valence-corrected chi connectivity index (χ1v) is 12.0. The fraction of sp³-hybridized carbons (Fsp3) is 0.565. The van der Waals surface area contributed by atoms with Gasteiger partial charge in [-0.15, -0.1) is 0 Å². The van der Waals surface area contributed by atoms with Crippen LogP contribution in [0.4, 0.5) is 5.95 Å².